The van der Waals surface area contributed by atoms with Crippen molar-refractivity contribution in [2.45, 2.75) is 64.5 Å². The molecule has 0 saturated heterocycles. The molecular weight excluding hydrogens is 424 g/mol. The van der Waals surface area contributed by atoms with Gasteiger partial charge in [0.05, 0.1) is 6.04 Å². The minimum Gasteiger partial charge on any atom is -0.481 e. The van der Waals surface area contributed by atoms with E-state index < -0.39 is 6.10 Å². The first-order chi connectivity index (χ1) is 16.5. The number of benzene rings is 2. The highest BCUT2D eigenvalue weighted by Gasteiger charge is 2.36. The van der Waals surface area contributed by atoms with Crippen molar-refractivity contribution in [1.29, 1.82) is 0 Å². The van der Waals surface area contributed by atoms with E-state index in [9.17, 15) is 9.59 Å². The van der Waals surface area contributed by atoms with E-state index in [2.05, 4.69) is 54.1 Å². The summed E-state index contributed by atoms with van der Waals surface area (Å²) in [6, 6.07) is 14.4. The molecule has 34 heavy (non-hydrogen) atoms. The van der Waals surface area contributed by atoms with Crippen LogP contribution in [0.3, 0.4) is 0 Å². The number of carbonyl (C=O) groups excluding carboxylic acids is 2. The molecule has 2 atom stereocenters. The number of nitrogens with one attached hydrogen (secondary N) is 1. The molecular formula is C29H36N2O3. The molecule has 4 rings (SSSR count). The minimum atomic E-state index is -0.573. The maximum Gasteiger partial charge on any atom is 0.261 e. The second kappa shape index (κ2) is 10.9. The van der Waals surface area contributed by atoms with Gasteiger partial charge < -0.3 is 15.0 Å². The van der Waals surface area contributed by atoms with Gasteiger partial charge in [0.1, 0.15) is 5.75 Å². The second-order valence-corrected chi connectivity index (χ2v) is 9.49. The third-order valence-electron chi connectivity index (χ3n) is 7.09. The molecule has 0 aromatic heterocycles. The predicted molar refractivity (Wildman–Crippen MR) is 135 cm³/mol. The number of rotatable bonds is 8. The average Bonchev–Trinajstić information content (AvgIpc) is 3.40. The summed E-state index contributed by atoms with van der Waals surface area (Å²) >= 11 is 0. The number of nitrogens with zero attached hydrogens (tertiary/aromatic N) is 1. The van der Waals surface area contributed by atoms with Gasteiger partial charge in [0, 0.05) is 19.0 Å². The Morgan fingerprint density at radius 1 is 1.18 bits per heavy atom. The first-order valence-corrected chi connectivity index (χ1v) is 12.6. The molecule has 5 nitrogen and oxygen atoms in total. The Hall–Kier alpha value is -3.08. The zero-order valence-corrected chi connectivity index (χ0v) is 20.4. The third-order valence-corrected chi connectivity index (χ3v) is 7.09. The molecule has 0 bridgehead atoms. The highest BCUT2D eigenvalue weighted by Crippen LogP contribution is 2.40. The van der Waals surface area contributed by atoms with Gasteiger partial charge >= 0.3 is 0 Å². The molecule has 0 radical (unpaired) electrons. The number of amides is 2. The smallest absolute Gasteiger partial charge is 0.261 e. The summed E-state index contributed by atoms with van der Waals surface area (Å²) in [5.74, 6) is 0.919. The number of carbonyl (C=O) groups is 2. The molecule has 2 aliphatic rings. The Morgan fingerprint density at radius 3 is 2.59 bits per heavy atom. The van der Waals surface area contributed by atoms with Gasteiger partial charge in [-0.3, -0.25) is 9.59 Å². The van der Waals surface area contributed by atoms with Crippen LogP contribution in [-0.2, 0) is 16.0 Å². The van der Waals surface area contributed by atoms with Gasteiger partial charge in [0.2, 0.25) is 5.91 Å². The molecule has 5 heteroatoms. The van der Waals surface area contributed by atoms with Crippen LogP contribution in [0.2, 0.25) is 0 Å². The maximum absolute atomic E-state index is 13.6. The second-order valence-electron chi connectivity index (χ2n) is 9.49. The quantitative estimate of drug-likeness (QED) is 0.557. The largest absolute Gasteiger partial charge is 0.481 e. The zero-order chi connectivity index (χ0) is 24.1. The summed E-state index contributed by atoms with van der Waals surface area (Å²) in [6.45, 7) is 8.81. The van der Waals surface area contributed by atoms with Crippen molar-refractivity contribution in [1.82, 2.24) is 10.2 Å². The van der Waals surface area contributed by atoms with Gasteiger partial charge in [-0.25, -0.2) is 0 Å². The van der Waals surface area contributed by atoms with Gasteiger partial charge in [-0.2, -0.15) is 0 Å². The van der Waals surface area contributed by atoms with E-state index in [1.54, 1.807) is 6.08 Å². The van der Waals surface area contributed by atoms with E-state index >= 15 is 0 Å². The lowest BCUT2D eigenvalue weighted by molar-refractivity contribution is -0.137. The fraction of sp³-hybridized carbons (Fsp3) is 0.448. The minimum absolute atomic E-state index is 0.131. The van der Waals surface area contributed by atoms with E-state index in [0.717, 1.165) is 49.8 Å². The van der Waals surface area contributed by atoms with E-state index in [-0.39, 0.29) is 23.8 Å². The highest BCUT2D eigenvalue weighted by atomic mass is 16.5. The van der Waals surface area contributed by atoms with Gasteiger partial charge in [0.25, 0.3) is 5.91 Å². The molecule has 1 heterocycles. The van der Waals surface area contributed by atoms with Crippen molar-refractivity contribution in [2.24, 2.45) is 5.92 Å². The third kappa shape index (κ3) is 5.19. The molecule has 2 amide bonds. The van der Waals surface area contributed by atoms with Crippen LogP contribution in [0.4, 0.5) is 0 Å². The topological polar surface area (TPSA) is 58.6 Å². The Labute approximate surface area is 203 Å². The van der Waals surface area contributed by atoms with Crippen LogP contribution < -0.4 is 10.1 Å². The molecule has 1 N–H and O–H groups in total. The first kappa shape index (κ1) is 24.1. The predicted octanol–water partition coefficient (Wildman–Crippen LogP) is 5.12. The monoisotopic (exact) mass is 460 g/mol. The summed E-state index contributed by atoms with van der Waals surface area (Å²) in [7, 11) is 0. The first-order valence-electron chi connectivity index (χ1n) is 12.6. The molecule has 0 unspecified atom stereocenters. The lowest BCUT2D eigenvalue weighted by atomic mass is 9.86. The molecule has 1 saturated carbocycles. The zero-order valence-electron chi connectivity index (χ0n) is 20.4. The van der Waals surface area contributed by atoms with Crippen LogP contribution in [0.1, 0.15) is 67.3 Å². The normalized spacial score (nSPS) is 18.8. The van der Waals surface area contributed by atoms with E-state index in [4.69, 9.17) is 4.74 Å². The van der Waals surface area contributed by atoms with Gasteiger partial charge in [0.15, 0.2) is 6.10 Å². The van der Waals surface area contributed by atoms with Crippen LogP contribution in [0.5, 0.6) is 5.75 Å². The number of ether oxygens (including phenoxy) is 1. The van der Waals surface area contributed by atoms with Crippen LogP contribution >= 0.6 is 0 Å². The highest BCUT2D eigenvalue weighted by molar-refractivity contribution is 5.81. The Kier molecular flexibility index (Phi) is 7.71. The van der Waals surface area contributed by atoms with Crippen molar-refractivity contribution in [3.63, 3.8) is 0 Å². The van der Waals surface area contributed by atoms with Gasteiger partial charge in [-0.1, -0.05) is 61.7 Å². The molecule has 180 valence electrons. The number of fused-ring (bicyclic) bond motifs is 1. The van der Waals surface area contributed by atoms with E-state index in [1.807, 2.05) is 19.1 Å². The van der Waals surface area contributed by atoms with Crippen molar-refractivity contribution < 1.29 is 14.3 Å². The summed E-state index contributed by atoms with van der Waals surface area (Å²) in [5, 5.41) is 2.82. The van der Waals surface area contributed by atoms with Crippen molar-refractivity contribution in [2.75, 3.05) is 13.1 Å². The lowest BCUT2D eigenvalue weighted by Crippen LogP contribution is -2.43. The van der Waals surface area contributed by atoms with Gasteiger partial charge in [-0.15, -0.1) is 6.58 Å². The van der Waals surface area contributed by atoms with Crippen LogP contribution in [-0.4, -0.2) is 35.9 Å². The van der Waals surface area contributed by atoms with E-state index in [1.165, 1.54) is 11.1 Å². The van der Waals surface area contributed by atoms with Gasteiger partial charge in [-0.05, 0) is 61.4 Å². The van der Waals surface area contributed by atoms with Crippen LogP contribution in [0, 0.1) is 12.8 Å². The molecule has 2 aromatic rings. The van der Waals surface area contributed by atoms with Crippen molar-refractivity contribution >= 4 is 11.8 Å². The van der Waals surface area contributed by atoms with Crippen molar-refractivity contribution in [3.8, 4) is 5.75 Å². The summed E-state index contributed by atoms with van der Waals surface area (Å²) in [6.07, 6.45) is 6.73. The fourth-order valence-corrected chi connectivity index (χ4v) is 5.19. The Balaban J connectivity index is 1.67. The number of hydrogen-bond donors (Lipinski definition) is 1. The maximum atomic E-state index is 13.6. The standard InChI is InChI=1S/C29H36N2O3/c1-4-17-30-28(32)26(5-2)34-24-15-14-21-16-18-31(29(33)23-8-6-7-9-23)27(25(21)19-24)22-12-10-20(3)11-13-22/h4,10-15,19,23,26-27H,1,5-9,16-18H2,2-3H3,(H,30,32)/t26-,27+/m0/s1. The average molecular weight is 461 g/mol. The molecule has 1 aliphatic carbocycles. The molecule has 1 fully saturated rings. The summed E-state index contributed by atoms with van der Waals surface area (Å²) < 4.78 is 6.14. The van der Waals surface area contributed by atoms with Crippen LogP contribution in [0.15, 0.2) is 55.1 Å². The summed E-state index contributed by atoms with van der Waals surface area (Å²) in [5.41, 5.74) is 4.64. The number of aryl methyl sites for hydroxylation is 1. The van der Waals surface area contributed by atoms with Crippen molar-refractivity contribution in [3.05, 3.63) is 77.4 Å². The summed E-state index contributed by atoms with van der Waals surface area (Å²) in [4.78, 5) is 28.2. The molecule has 1 aliphatic heterocycles. The Morgan fingerprint density at radius 2 is 1.91 bits per heavy atom. The Bertz CT molecular complexity index is 1020. The molecule has 2 aromatic carbocycles. The van der Waals surface area contributed by atoms with E-state index in [0.29, 0.717) is 18.7 Å². The lowest BCUT2D eigenvalue weighted by Gasteiger charge is -2.39. The number of hydrogen-bond acceptors (Lipinski definition) is 3. The van der Waals surface area contributed by atoms with Crippen LogP contribution in [0.25, 0.3) is 0 Å². The fourth-order valence-electron chi connectivity index (χ4n) is 5.19. The molecule has 0 spiro atoms. The SMILES string of the molecule is C=CCNC(=O)[C@H](CC)Oc1ccc2c(c1)[C@@H](c1ccc(C)cc1)N(C(=O)C1CCCC1)CC2.